The second-order valence-corrected chi connectivity index (χ2v) is 5.30. The number of imidazole rings is 1. The first-order valence-electron chi connectivity index (χ1n) is 6.13. The predicted octanol–water partition coefficient (Wildman–Crippen LogP) is 2.48. The highest BCUT2D eigenvalue weighted by Crippen LogP contribution is 2.26. The summed E-state index contributed by atoms with van der Waals surface area (Å²) >= 11 is 1.33. The zero-order valence-electron chi connectivity index (χ0n) is 11.2. The molecule has 0 fully saturated rings. The van der Waals surface area contributed by atoms with Gasteiger partial charge in [-0.25, -0.2) is 14.8 Å². The van der Waals surface area contributed by atoms with E-state index < -0.39 is 5.97 Å². The fraction of sp³-hybridized carbons (Fsp3) is 0.0714. The number of nitrogens with one attached hydrogen (secondary N) is 1. The van der Waals surface area contributed by atoms with Gasteiger partial charge in [0.05, 0.1) is 23.7 Å². The lowest BCUT2D eigenvalue weighted by Crippen LogP contribution is -2.01. The number of nitrogens with zero attached hydrogens (tertiary/aromatic N) is 2. The summed E-state index contributed by atoms with van der Waals surface area (Å²) in [6, 6.07) is 8.75. The molecule has 0 aliphatic carbocycles. The van der Waals surface area contributed by atoms with Gasteiger partial charge >= 0.3 is 5.97 Å². The highest BCUT2D eigenvalue weighted by Gasteiger charge is 2.10. The molecule has 106 valence electrons. The van der Waals surface area contributed by atoms with Crippen LogP contribution >= 0.6 is 11.8 Å². The Hall–Kier alpha value is -2.54. The molecule has 0 atom stereocenters. The summed E-state index contributed by atoms with van der Waals surface area (Å²) in [5.74, 6) is -0.392. The van der Waals surface area contributed by atoms with Gasteiger partial charge in [-0.05, 0) is 42.1 Å². The van der Waals surface area contributed by atoms with Gasteiger partial charge in [-0.15, -0.1) is 0 Å². The van der Waals surface area contributed by atoms with E-state index in [1.165, 1.54) is 18.9 Å². The molecule has 1 aromatic carbocycles. The van der Waals surface area contributed by atoms with Crippen LogP contribution in [0.2, 0.25) is 0 Å². The number of fused-ring (bicyclic) bond motifs is 1. The quantitative estimate of drug-likeness (QED) is 0.570. The molecule has 21 heavy (non-hydrogen) atoms. The zero-order chi connectivity index (χ0) is 14.8. The monoisotopic (exact) mass is 300 g/mol. The third-order valence-corrected chi connectivity index (χ3v) is 3.66. The smallest absolute Gasteiger partial charge is 0.337 e. The van der Waals surface area contributed by atoms with Crippen molar-refractivity contribution in [3.63, 3.8) is 0 Å². The number of methoxy groups -OCH3 is 1. The molecule has 0 aliphatic heterocycles. The second kappa shape index (κ2) is 5.45. The first kappa shape index (κ1) is 13.4. The lowest BCUT2D eigenvalue weighted by atomic mass is 10.3. The summed E-state index contributed by atoms with van der Waals surface area (Å²) in [5.41, 5.74) is 8.56. The van der Waals surface area contributed by atoms with Crippen molar-refractivity contribution < 1.29 is 9.53 Å². The summed E-state index contributed by atoms with van der Waals surface area (Å²) in [5, 5.41) is 1.34. The fourth-order valence-electron chi connectivity index (χ4n) is 1.86. The molecule has 7 heteroatoms. The maximum Gasteiger partial charge on any atom is 0.337 e. The average molecular weight is 300 g/mol. The minimum atomic E-state index is -0.392. The number of ether oxygens (including phenoxy) is 1. The minimum Gasteiger partial charge on any atom is -0.465 e. The number of hydrogen-bond acceptors (Lipinski definition) is 6. The van der Waals surface area contributed by atoms with Gasteiger partial charge in [0.1, 0.15) is 5.03 Å². The molecular formula is C14H12N4O2S. The van der Waals surface area contributed by atoms with Crippen LogP contribution in [0.15, 0.2) is 46.7 Å². The minimum absolute atomic E-state index is 0.392. The lowest BCUT2D eigenvalue weighted by molar-refractivity contribution is 0.0600. The molecule has 3 aromatic rings. The largest absolute Gasteiger partial charge is 0.465 e. The van der Waals surface area contributed by atoms with Crippen molar-refractivity contribution in [2.75, 3.05) is 12.8 Å². The number of carbonyl (C=O) groups is 1. The summed E-state index contributed by atoms with van der Waals surface area (Å²) < 4.78 is 4.69. The Bertz CT molecular complexity index is 816. The van der Waals surface area contributed by atoms with E-state index >= 15 is 0 Å². The third-order valence-electron chi connectivity index (χ3n) is 2.84. The molecule has 0 saturated carbocycles. The number of carbonyl (C=O) groups excluding carboxylic acids is 1. The fourth-order valence-corrected chi connectivity index (χ4v) is 2.66. The van der Waals surface area contributed by atoms with Gasteiger partial charge in [-0.3, -0.25) is 0 Å². The Balaban J connectivity index is 1.89. The van der Waals surface area contributed by atoms with E-state index in [-0.39, 0.29) is 0 Å². The summed E-state index contributed by atoms with van der Waals surface area (Å²) in [6.45, 7) is 0. The van der Waals surface area contributed by atoms with Crippen LogP contribution in [0.4, 0.5) is 5.69 Å². The van der Waals surface area contributed by atoms with E-state index in [1.807, 2.05) is 12.1 Å². The van der Waals surface area contributed by atoms with E-state index in [0.29, 0.717) is 21.4 Å². The Kier molecular flexibility index (Phi) is 3.49. The summed E-state index contributed by atoms with van der Waals surface area (Å²) in [4.78, 5) is 23.3. The first-order valence-corrected chi connectivity index (χ1v) is 6.95. The second-order valence-electron chi connectivity index (χ2n) is 4.29. The molecular weight excluding hydrogens is 288 g/mol. The van der Waals surface area contributed by atoms with E-state index in [2.05, 4.69) is 19.7 Å². The van der Waals surface area contributed by atoms with Crippen molar-refractivity contribution >= 4 is 34.5 Å². The number of rotatable bonds is 3. The van der Waals surface area contributed by atoms with Crippen molar-refractivity contribution in [1.29, 1.82) is 0 Å². The molecule has 2 aromatic heterocycles. The molecule has 0 spiro atoms. The Morgan fingerprint density at radius 1 is 1.33 bits per heavy atom. The van der Waals surface area contributed by atoms with Gasteiger partial charge in [0, 0.05) is 11.9 Å². The van der Waals surface area contributed by atoms with Gasteiger partial charge in [-0.1, -0.05) is 0 Å². The van der Waals surface area contributed by atoms with Gasteiger partial charge in [-0.2, -0.15) is 0 Å². The maximum atomic E-state index is 11.5. The predicted molar refractivity (Wildman–Crippen MR) is 80.2 cm³/mol. The van der Waals surface area contributed by atoms with Crippen molar-refractivity contribution in [2.24, 2.45) is 0 Å². The number of nitrogens with two attached hydrogens (primary N) is 1. The van der Waals surface area contributed by atoms with Crippen molar-refractivity contribution in [1.82, 2.24) is 15.0 Å². The van der Waals surface area contributed by atoms with Crippen molar-refractivity contribution in [2.45, 2.75) is 10.2 Å². The molecule has 3 rings (SSSR count). The number of aromatic nitrogens is 3. The maximum absolute atomic E-state index is 11.5. The van der Waals surface area contributed by atoms with E-state index in [1.54, 1.807) is 24.4 Å². The number of hydrogen-bond donors (Lipinski definition) is 2. The van der Waals surface area contributed by atoms with E-state index in [9.17, 15) is 4.79 Å². The summed E-state index contributed by atoms with van der Waals surface area (Å²) in [7, 11) is 1.35. The van der Waals surface area contributed by atoms with Gasteiger partial charge in [0.25, 0.3) is 0 Å². The van der Waals surface area contributed by atoms with Crippen LogP contribution < -0.4 is 5.73 Å². The van der Waals surface area contributed by atoms with E-state index in [4.69, 9.17) is 5.73 Å². The molecule has 0 bridgehead atoms. The molecule has 3 N–H and O–H groups in total. The molecule has 0 amide bonds. The van der Waals surface area contributed by atoms with Crippen LogP contribution in [0.3, 0.4) is 0 Å². The Morgan fingerprint density at radius 2 is 2.19 bits per heavy atom. The van der Waals surface area contributed by atoms with Crippen LogP contribution in [0, 0.1) is 0 Å². The first-order chi connectivity index (χ1) is 10.2. The zero-order valence-corrected chi connectivity index (χ0v) is 12.0. The van der Waals surface area contributed by atoms with Crippen LogP contribution in [0.5, 0.6) is 0 Å². The highest BCUT2D eigenvalue weighted by molar-refractivity contribution is 7.99. The Labute approximate surface area is 124 Å². The van der Waals surface area contributed by atoms with Crippen molar-refractivity contribution in [3.05, 3.63) is 42.1 Å². The normalized spacial score (nSPS) is 10.7. The number of aromatic amines is 1. The molecule has 0 unspecified atom stereocenters. The number of esters is 1. The SMILES string of the molecule is COC(=O)c1ccnc(Sc2nc3ccc(N)cc3[nH]2)c1. The topological polar surface area (TPSA) is 93.9 Å². The lowest BCUT2D eigenvalue weighted by Gasteiger charge is -2.01. The third kappa shape index (κ3) is 2.82. The number of nitrogen functional groups attached to an aromatic ring is 1. The van der Waals surface area contributed by atoms with Crippen molar-refractivity contribution in [3.8, 4) is 0 Å². The van der Waals surface area contributed by atoms with Crippen LogP contribution in [0.1, 0.15) is 10.4 Å². The van der Waals surface area contributed by atoms with Gasteiger partial charge in [0.2, 0.25) is 0 Å². The molecule has 2 heterocycles. The number of anilines is 1. The standard InChI is InChI=1S/C14H12N4O2S/c1-20-13(19)8-4-5-16-12(6-8)21-14-17-10-3-2-9(15)7-11(10)18-14/h2-7H,15H2,1H3,(H,17,18). The molecule has 0 aliphatic rings. The van der Waals surface area contributed by atoms with E-state index in [0.717, 1.165) is 11.0 Å². The number of benzene rings is 1. The van der Waals surface area contributed by atoms with Gasteiger partial charge < -0.3 is 15.5 Å². The summed E-state index contributed by atoms with van der Waals surface area (Å²) in [6.07, 6.45) is 1.56. The van der Waals surface area contributed by atoms with Crippen LogP contribution in [-0.4, -0.2) is 28.0 Å². The highest BCUT2D eigenvalue weighted by atomic mass is 32.2. The van der Waals surface area contributed by atoms with Crippen LogP contribution in [-0.2, 0) is 4.74 Å². The Morgan fingerprint density at radius 3 is 3.00 bits per heavy atom. The average Bonchev–Trinajstić information content (AvgIpc) is 2.88. The molecule has 0 radical (unpaired) electrons. The number of H-pyrrole nitrogens is 1. The van der Waals surface area contributed by atoms with Crippen LogP contribution in [0.25, 0.3) is 11.0 Å². The number of pyridine rings is 1. The molecule has 6 nitrogen and oxygen atoms in total. The van der Waals surface area contributed by atoms with Gasteiger partial charge in [0.15, 0.2) is 5.16 Å². The molecule has 0 saturated heterocycles.